The molecule has 1 unspecified atom stereocenters. The van der Waals surface area contributed by atoms with E-state index in [1.807, 2.05) is 13.8 Å². The van der Waals surface area contributed by atoms with E-state index < -0.39 is 0 Å². The van der Waals surface area contributed by atoms with Crippen LogP contribution in [0.15, 0.2) is 24.3 Å². The van der Waals surface area contributed by atoms with Crippen molar-refractivity contribution in [2.45, 2.75) is 59.4 Å². The second kappa shape index (κ2) is 7.82. The van der Waals surface area contributed by atoms with Gasteiger partial charge < -0.3 is 10.2 Å². The fourth-order valence-corrected chi connectivity index (χ4v) is 3.48. The largest absolute Gasteiger partial charge is 0.348 e. The van der Waals surface area contributed by atoms with Crippen molar-refractivity contribution >= 4 is 11.8 Å². The van der Waals surface area contributed by atoms with Crippen LogP contribution in [0.5, 0.6) is 0 Å². The number of β-lactam (4-membered cyclic amide) rings is 1. The number of carbonyl (C=O) groups is 2. The van der Waals surface area contributed by atoms with Crippen LogP contribution < -0.4 is 5.32 Å². The third-order valence-corrected chi connectivity index (χ3v) is 5.31. The Kier molecular flexibility index (Phi) is 6.03. The normalized spacial score (nSPS) is 17.3. The van der Waals surface area contributed by atoms with Gasteiger partial charge in [0, 0.05) is 6.54 Å². The molecule has 0 saturated carbocycles. The van der Waals surface area contributed by atoms with Gasteiger partial charge in [0.1, 0.15) is 0 Å². The number of nitrogens with one attached hydrogen (secondary N) is 1. The standard InChI is InChI=1S/C20H30N2O2/c1-5-8-17(16-11-9-15(4)10-12-16)21-18(23)13-22-14-20(6-2,7-3)19(22)24/h9-12,17H,5-8,13-14H2,1-4H3,(H,21,23). The second-order valence-electron chi connectivity index (χ2n) is 6.97. The molecule has 0 radical (unpaired) electrons. The summed E-state index contributed by atoms with van der Waals surface area (Å²) in [6.07, 6.45) is 3.59. The van der Waals surface area contributed by atoms with Crippen molar-refractivity contribution in [3.05, 3.63) is 35.4 Å². The fraction of sp³-hybridized carbons (Fsp3) is 0.600. The van der Waals surface area contributed by atoms with Crippen LogP contribution in [0.1, 0.15) is 63.6 Å². The minimum absolute atomic E-state index is 0.0154. The Morgan fingerprint density at radius 2 is 1.83 bits per heavy atom. The zero-order valence-corrected chi connectivity index (χ0v) is 15.4. The molecule has 1 fully saturated rings. The van der Waals surface area contributed by atoms with Gasteiger partial charge in [-0.2, -0.15) is 0 Å². The summed E-state index contributed by atoms with van der Waals surface area (Å²) in [6.45, 7) is 9.15. The molecule has 1 N–H and O–H groups in total. The highest BCUT2D eigenvalue weighted by molar-refractivity contribution is 5.92. The van der Waals surface area contributed by atoms with Gasteiger partial charge in [-0.15, -0.1) is 0 Å². The Balaban J connectivity index is 1.95. The molecular weight excluding hydrogens is 300 g/mol. The summed E-state index contributed by atoms with van der Waals surface area (Å²) in [5.74, 6) is 0.0632. The van der Waals surface area contributed by atoms with E-state index in [0.717, 1.165) is 31.2 Å². The quantitative estimate of drug-likeness (QED) is 0.740. The highest BCUT2D eigenvalue weighted by Crippen LogP contribution is 2.38. The minimum atomic E-state index is -0.222. The van der Waals surface area contributed by atoms with Crippen LogP contribution in [-0.2, 0) is 9.59 Å². The van der Waals surface area contributed by atoms with Crippen molar-refractivity contribution in [1.82, 2.24) is 10.2 Å². The number of nitrogens with zero attached hydrogens (tertiary/aromatic N) is 1. The number of benzene rings is 1. The van der Waals surface area contributed by atoms with Gasteiger partial charge in [0.25, 0.3) is 0 Å². The highest BCUT2D eigenvalue weighted by Gasteiger charge is 2.49. The van der Waals surface area contributed by atoms with Gasteiger partial charge >= 0.3 is 0 Å². The summed E-state index contributed by atoms with van der Waals surface area (Å²) in [4.78, 5) is 26.4. The summed E-state index contributed by atoms with van der Waals surface area (Å²) < 4.78 is 0. The first-order valence-corrected chi connectivity index (χ1v) is 9.11. The Morgan fingerprint density at radius 1 is 1.21 bits per heavy atom. The lowest BCUT2D eigenvalue weighted by Crippen LogP contribution is -2.62. The molecule has 1 heterocycles. The number of likely N-dealkylation sites (tertiary alicyclic amines) is 1. The van der Waals surface area contributed by atoms with Gasteiger partial charge in [0.05, 0.1) is 18.0 Å². The molecule has 24 heavy (non-hydrogen) atoms. The summed E-state index contributed by atoms with van der Waals surface area (Å²) in [5, 5.41) is 3.10. The van der Waals surface area contributed by atoms with E-state index in [2.05, 4.69) is 43.4 Å². The zero-order valence-electron chi connectivity index (χ0n) is 15.4. The molecule has 1 atom stereocenters. The molecule has 1 aliphatic rings. The van der Waals surface area contributed by atoms with Gasteiger partial charge in [-0.1, -0.05) is 57.0 Å². The van der Waals surface area contributed by atoms with Crippen LogP contribution in [0.3, 0.4) is 0 Å². The van der Waals surface area contributed by atoms with Crippen LogP contribution in [0.2, 0.25) is 0 Å². The lowest BCUT2D eigenvalue weighted by molar-refractivity contribution is -0.163. The number of rotatable bonds is 8. The molecule has 0 spiro atoms. The average Bonchev–Trinajstić information content (AvgIpc) is 2.58. The van der Waals surface area contributed by atoms with Crippen LogP contribution >= 0.6 is 0 Å². The number of hydrogen-bond acceptors (Lipinski definition) is 2. The van der Waals surface area contributed by atoms with Crippen molar-refractivity contribution in [3.8, 4) is 0 Å². The first-order valence-electron chi connectivity index (χ1n) is 9.11. The summed E-state index contributed by atoms with van der Waals surface area (Å²) in [7, 11) is 0. The molecular formula is C20H30N2O2. The Bertz CT molecular complexity index is 576. The molecule has 1 aromatic rings. The van der Waals surface area contributed by atoms with Crippen molar-refractivity contribution in [2.75, 3.05) is 13.1 Å². The Hall–Kier alpha value is -1.84. The summed E-state index contributed by atoms with van der Waals surface area (Å²) in [5.41, 5.74) is 2.12. The molecule has 4 nitrogen and oxygen atoms in total. The molecule has 132 valence electrons. The maximum absolute atomic E-state index is 12.4. The first kappa shape index (κ1) is 18.5. The van der Waals surface area contributed by atoms with Gasteiger partial charge in [0.2, 0.25) is 11.8 Å². The third-order valence-electron chi connectivity index (χ3n) is 5.31. The molecule has 1 aliphatic heterocycles. The van der Waals surface area contributed by atoms with Crippen LogP contribution in [0, 0.1) is 12.3 Å². The smallest absolute Gasteiger partial charge is 0.240 e. The fourth-order valence-electron chi connectivity index (χ4n) is 3.48. The van der Waals surface area contributed by atoms with Crippen molar-refractivity contribution in [1.29, 1.82) is 0 Å². The first-order chi connectivity index (χ1) is 11.5. The van der Waals surface area contributed by atoms with Crippen LogP contribution in [0.4, 0.5) is 0 Å². The SMILES string of the molecule is CCCC(NC(=O)CN1CC(CC)(CC)C1=O)c1ccc(C)cc1. The summed E-state index contributed by atoms with van der Waals surface area (Å²) >= 11 is 0. The zero-order chi connectivity index (χ0) is 17.7. The van der Waals surface area contributed by atoms with Crippen molar-refractivity contribution < 1.29 is 9.59 Å². The van der Waals surface area contributed by atoms with E-state index in [4.69, 9.17) is 0 Å². The molecule has 0 aromatic heterocycles. The van der Waals surface area contributed by atoms with E-state index in [9.17, 15) is 9.59 Å². The maximum Gasteiger partial charge on any atom is 0.240 e. The van der Waals surface area contributed by atoms with E-state index in [1.54, 1.807) is 4.90 Å². The molecule has 2 amide bonds. The molecule has 0 aliphatic carbocycles. The lowest BCUT2D eigenvalue weighted by atomic mass is 9.74. The Labute approximate surface area is 145 Å². The number of amides is 2. The topological polar surface area (TPSA) is 49.4 Å². The number of hydrogen-bond donors (Lipinski definition) is 1. The second-order valence-corrected chi connectivity index (χ2v) is 6.97. The van der Waals surface area contributed by atoms with Crippen LogP contribution in [-0.4, -0.2) is 29.8 Å². The van der Waals surface area contributed by atoms with E-state index >= 15 is 0 Å². The minimum Gasteiger partial charge on any atom is -0.348 e. The molecule has 0 bridgehead atoms. The van der Waals surface area contributed by atoms with Gasteiger partial charge in [-0.25, -0.2) is 0 Å². The summed E-state index contributed by atoms with van der Waals surface area (Å²) in [6, 6.07) is 8.30. The predicted octanol–water partition coefficient (Wildman–Crippen LogP) is 3.60. The van der Waals surface area contributed by atoms with Gasteiger partial charge in [-0.05, 0) is 31.7 Å². The highest BCUT2D eigenvalue weighted by atomic mass is 16.2. The number of aryl methyl sites for hydroxylation is 1. The molecule has 1 aromatic carbocycles. The molecule has 4 heteroatoms. The Morgan fingerprint density at radius 3 is 2.33 bits per heavy atom. The monoisotopic (exact) mass is 330 g/mol. The van der Waals surface area contributed by atoms with Crippen molar-refractivity contribution in [2.24, 2.45) is 5.41 Å². The van der Waals surface area contributed by atoms with E-state index in [0.29, 0.717) is 6.54 Å². The molecule has 2 rings (SSSR count). The lowest BCUT2D eigenvalue weighted by Gasteiger charge is -2.48. The maximum atomic E-state index is 12.4. The average molecular weight is 330 g/mol. The predicted molar refractivity (Wildman–Crippen MR) is 96.6 cm³/mol. The van der Waals surface area contributed by atoms with Crippen molar-refractivity contribution in [3.63, 3.8) is 0 Å². The van der Waals surface area contributed by atoms with E-state index in [1.165, 1.54) is 5.56 Å². The van der Waals surface area contributed by atoms with E-state index in [-0.39, 0.29) is 29.8 Å². The van der Waals surface area contributed by atoms with Gasteiger partial charge in [0.15, 0.2) is 0 Å². The van der Waals surface area contributed by atoms with Crippen LogP contribution in [0.25, 0.3) is 0 Å². The third kappa shape index (κ3) is 3.80. The van der Waals surface area contributed by atoms with Gasteiger partial charge in [-0.3, -0.25) is 9.59 Å². The molecule has 1 saturated heterocycles. The number of carbonyl (C=O) groups excluding carboxylic acids is 2.